The summed E-state index contributed by atoms with van der Waals surface area (Å²) in [5, 5.41) is 2.14. The zero-order chi connectivity index (χ0) is 22.5. The number of hydrogen-bond donors (Lipinski definition) is 1. The number of amides is 2. The Balaban J connectivity index is 1.67. The summed E-state index contributed by atoms with van der Waals surface area (Å²) >= 11 is 0. The quantitative estimate of drug-likeness (QED) is 0.316. The first-order valence-corrected chi connectivity index (χ1v) is 10.3. The molecule has 0 saturated carbocycles. The number of ketones is 1. The molecular weight excluding hydrogens is 398 g/mol. The molecule has 164 valence electrons. The van der Waals surface area contributed by atoms with Gasteiger partial charge in [-0.05, 0) is 42.8 Å². The van der Waals surface area contributed by atoms with Crippen LogP contribution in [0.4, 0.5) is 0 Å². The first kappa shape index (κ1) is 23.8. The van der Waals surface area contributed by atoms with Gasteiger partial charge in [-0.25, -0.2) is 0 Å². The molecule has 0 aliphatic heterocycles. The first-order valence-electron chi connectivity index (χ1n) is 10.3. The van der Waals surface area contributed by atoms with Gasteiger partial charge in [-0.1, -0.05) is 38.0 Å². The molecule has 2 rings (SSSR count). The van der Waals surface area contributed by atoms with Crippen molar-refractivity contribution in [3.05, 3.63) is 65.7 Å². The fraction of sp³-hybridized carbons (Fsp3) is 0.333. The molecule has 0 radical (unpaired) electrons. The molecule has 0 spiro atoms. The van der Waals surface area contributed by atoms with E-state index in [-0.39, 0.29) is 18.6 Å². The van der Waals surface area contributed by atoms with E-state index in [1.807, 2.05) is 0 Å². The lowest BCUT2D eigenvalue weighted by molar-refractivity contribution is -0.148. The highest BCUT2D eigenvalue weighted by molar-refractivity contribution is 6.05. The van der Waals surface area contributed by atoms with Crippen molar-refractivity contribution in [1.29, 1.82) is 0 Å². The van der Waals surface area contributed by atoms with Gasteiger partial charge in [0.2, 0.25) is 0 Å². The molecule has 7 nitrogen and oxygen atoms in total. The number of unbranched alkanes of at least 4 members (excludes halogenated alkanes) is 2. The number of imide groups is 1. The molecule has 0 aromatic heterocycles. The minimum Gasteiger partial charge on any atom is -0.494 e. The van der Waals surface area contributed by atoms with Crippen LogP contribution in [0.3, 0.4) is 0 Å². The standard InChI is InChI=1S/C24H27NO6/c1-2-3-7-16-30-20-12-10-18(11-13-20)21(26)14-15-23(28)31-17-22(27)25-24(29)19-8-5-4-6-9-19/h4-6,8-13H,2-3,7,14-17H2,1H3,(H,25,27,29). The van der Waals surface area contributed by atoms with Gasteiger partial charge in [-0.2, -0.15) is 0 Å². The second kappa shape index (κ2) is 13.0. The topological polar surface area (TPSA) is 98.8 Å². The Bertz CT molecular complexity index is 877. The van der Waals surface area contributed by atoms with E-state index in [1.54, 1.807) is 54.6 Å². The first-order chi connectivity index (χ1) is 15.0. The average Bonchev–Trinajstić information content (AvgIpc) is 2.80. The molecule has 0 heterocycles. The summed E-state index contributed by atoms with van der Waals surface area (Å²) in [5.41, 5.74) is 0.796. The fourth-order valence-electron chi connectivity index (χ4n) is 2.68. The molecule has 0 saturated heterocycles. The van der Waals surface area contributed by atoms with E-state index in [9.17, 15) is 19.2 Å². The molecule has 0 bridgehead atoms. The summed E-state index contributed by atoms with van der Waals surface area (Å²) in [7, 11) is 0. The zero-order valence-electron chi connectivity index (χ0n) is 17.6. The molecule has 2 aromatic carbocycles. The van der Waals surface area contributed by atoms with E-state index in [0.29, 0.717) is 23.5 Å². The molecule has 7 heteroatoms. The number of nitrogens with one attached hydrogen (secondary N) is 1. The monoisotopic (exact) mass is 425 g/mol. The fourth-order valence-corrected chi connectivity index (χ4v) is 2.68. The number of carbonyl (C=O) groups excluding carboxylic acids is 4. The molecule has 31 heavy (non-hydrogen) atoms. The summed E-state index contributed by atoms with van der Waals surface area (Å²) in [5.74, 6) is -1.51. The molecule has 0 unspecified atom stereocenters. The predicted molar refractivity (Wildman–Crippen MR) is 115 cm³/mol. The van der Waals surface area contributed by atoms with Crippen LogP contribution >= 0.6 is 0 Å². The van der Waals surface area contributed by atoms with Crippen LogP contribution in [0.5, 0.6) is 5.75 Å². The number of Topliss-reactive ketones (excluding diaryl/α,β-unsaturated/α-hetero) is 1. The Kier molecular flexibility index (Phi) is 9.94. The van der Waals surface area contributed by atoms with Crippen molar-refractivity contribution in [2.75, 3.05) is 13.2 Å². The molecule has 0 atom stereocenters. The highest BCUT2D eigenvalue weighted by atomic mass is 16.5. The van der Waals surface area contributed by atoms with Gasteiger partial charge in [-0.3, -0.25) is 24.5 Å². The van der Waals surface area contributed by atoms with Gasteiger partial charge in [0.15, 0.2) is 12.4 Å². The van der Waals surface area contributed by atoms with Crippen molar-refractivity contribution >= 4 is 23.6 Å². The van der Waals surface area contributed by atoms with E-state index >= 15 is 0 Å². The summed E-state index contributed by atoms with van der Waals surface area (Å²) in [6, 6.07) is 15.0. The second-order valence-corrected chi connectivity index (χ2v) is 6.91. The third kappa shape index (κ3) is 8.82. The van der Waals surface area contributed by atoms with Gasteiger partial charge in [0.1, 0.15) is 5.75 Å². The Morgan fingerprint density at radius 2 is 1.55 bits per heavy atom. The van der Waals surface area contributed by atoms with E-state index in [2.05, 4.69) is 12.2 Å². The van der Waals surface area contributed by atoms with E-state index < -0.39 is 24.4 Å². The van der Waals surface area contributed by atoms with Crippen LogP contribution in [0, 0.1) is 0 Å². The number of hydrogen-bond acceptors (Lipinski definition) is 6. The lowest BCUT2D eigenvalue weighted by Gasteiger charge is -2.07. The van der Waals surface area contributed by atoms with Crippen molar-refractivity contribution in [2.45, 2.75) is 39.0 Å². The Morgan fingerprint density at radius 3 is 2.23 bits per heavy atom. The molecular formula is C24H27NO6. The van der Waals surface area contributed by atoms with E-state index in [1.165, 1.54) is 0 Å². The molecule has 2 amide bonds. The largest absolute Gasteiger partial charge is 0.494 e. The predicted octanol–water partition coefficient (Wildman–Crippen LogP) is 3.72. The van der Waals surface area contributed by atoms with Crippen LogP contribution in [0.25, 0.3) is 0 Å². The summed E-state index contributed by atoms with van der Waals surface area (Å²) in [6.45, 7) is 2.17. The summed E-state index contributed by atoms with van der Waals surface area (Å²) in [6.07, 6.45) is 3.01. The van der Waals surface area contributed by atoms with Crippen LogP contribution < -0.4 is 10.1 Å². The van der Waals surface area contributed by atoms with Crippen LogP contribution in [0.1, 0.15) is 59.7 Å². The van der Waals surface area contributed by atoms with Crippen LogP contribution in [0.15, 0.2) is 54.6 Å². The normalized spacial score (nSPS) is 10.2. The van der Waals surface area contributed by atoms with Gasteiger partial charge < -0.3 is 9.47 Å². The van der Waals surface area contributed by atoms with Gasteiger partial charge in [0.05, 0.1) is 13.0 Å². The molecule has 0 aliphatic carbocycles. The summed E-state index contributed by atoms with van der Waals surface area (Å²) in [4.78, 5) is 47.6. The maximum atomic E-state index is 12.2. The smallest absolute Gasteiger partial charge is 0.306 e. The number of ether oxygens (including phenoxy) is 2. The Hall–Kier alpha value is -3.48. The van der Waals surface area contributed by atoms with E-state index in [0.717, 1.165) is 19.3 Å². The lowest BCUT2D eigenvalue weighted by atomic mass is 10.1. The average molecular weight is 425 g/mol. The third-order valence-corrected chi connectivity index (χ3v) is 4.40. The number of carbonyl (C=O) groups is 4. The van der Waals surface area contributed by atoms with Gasteiger partial charge in [-0.15, -0.1) is 0 Å². The minimum absolute atomic E-state index is 0.0416. The van der Waals surface area contributed by atoms with Crippen LogP contribution in [0.2, 0.25) is 0 Å². The van der Waals surface area contributed by atoms with Crippen LogP contribution in [-0.2, 0) is 14.3 Å². The molecule has 0 aliphatic rings. The summed E-state index contributed by atoms with van der Waals surface area (Å²) < 4.78 is 10.4. The van der Waals surface area contributed by atoms with Crippen molar-refractivity contribution < 1.29 is 28.7 Å². The SMILES string of the molecule is CCCCCOc1ccc(C(=O)CCC(=O)OCC(=O)NC(=O)c2ccccc2)cc1. The third-order valence-electron chi connectivity index (χ3n) is 4.40. The van der Waals surface area contributed by atoms with Crippen molar-refractivity contribution in [3.63, 3.8) is 0 Å². The molecule has 2 aromatic rings. The van der Waals surface area contributed by atoms with Crippen molar-refractivity contribution in [2.24, 2.45) is 0 Å². The van der Waals surface area contributed by atoms with Gasteiger partial charge in [0.25, 0.3) is 11.8 Å². The van der Waals surface area contributed by atoms with E-state index in [4.69, 9.17) is 9.47 Å². The Morgan fingerprint density at radius 1 is 0.839 bits per heavy atom. The number of benzene rings is 2. The minimum atomic E-state index is -0.733. The van der Waals surface area contributed by atoms with Crippen molar-refractivity contribution in [3.8, 4) is 5.75 Å². The molecule has 0 fully saturated rings. The van der Waals surface area contributed by atoms with Crippen molar-refractivity contribution in [1.82, 2.24) is 5.32 Å². The second-order valence-electron chi connectivity index (χ2n) is 6.91. The number of rotatable bonds is 12. The maximum Gasteiger partial charge on any atom is 0.306 e. The lowest BCUT2D eigenvalue weighted by Crippen LogP contribution is -2.34. The highest BCUT2D eigenvalue weighted by Crippen LogP contribution is 2.15. The Labute approximate surface area is 181 Å². The van der Waals surface area contributed by atoms with Crippen LogP contribution in [-0.4, -0.2) is 36.8 Å². The maximum absolute atomic E-state index is 12.2. The number of esters is 1. The van der Waals surface area contributed by atoms with Gasteiger partial charge in [0, 0.05) is 17.5 Å². The highest BCUT2D eigenvalue weighted by Gasteiger charge is 2.14. The van der Waals surface area contributed by atoms with Gasteiger partial charge >= 0.3 is 5.97 Å². The zero-order valence-corrected chi connectivity index (χ0v) is 17.6. The molecule has 1 N–H and O–H groups in total.